The average Bonchev–Trinajstić information content (AvgIpc) is 1.95. The van der Waals surface area contributed by atoms with Crippen LogP contribution in [0.15, 0.2) is 18.3 Å². The van der Waals surface area contributed by atoms with Crippen molar-refractivity contribution < 1.29 is 0 Å². The Morgan fingerprint density at radius 2 is 2.40 bits per heavy atom. The van der Waals surface area contributed by atoms with Crippen molar-refractivity contribution in [3.8, 4) is 0 Å². The monoisotopic (exact) mass is 172 g/mol. The molecular formula is C6H5ClN2S. The fraction of sp³-hybridized carbons (Fsp3) is 0. The minimum Gasteiger partial charge on any atom is -0.337 e. The molecule has 1 heterocycles. The van der Waals surface area contributed by atoms with E-state index in [4.69, 9.17) is 11.6 Å². The molecule has 0 saturated heterocycles. The number of pyridine rings is 1. The van der Waals surface area contributed by atoms with Gasteiger partial charge < -0.3 is 5.32 Å². The Morgan fingerprint density at radius 3 is 2.90 bits per heavy atom. The number of rotatable bonds is 2. The Kier molecular flexibility index (Phi) is 2.59. The first-order valence-corrected chi connectivity index (χ1v) is 3.49. The van der Waals surface area contributed by atoms with Crippen LogP contribution in [0.1, 0.15) is 0 Å². The van der Waals surface area contributed by atoms with Gasteiger partial charge in [-0.15, -0.1) is 0 Å². The van der Waals surface area contributed by atoms with Crippen molar-refractivity contribution in [2.24, 2.45) is 0 Å². The number of aromatic nitrogens is 1. The maximum atomic E-state index is 5.59. The molecule has 4 heteroatoms. The van der Waals surface area contributed by atoms with Crippen LogP contribution < -0.4 is 5.32 Å². The standard InChI is InChI=1S/C6H5ClN2S/c7-5-1-2-6(8-3-5)9-4-10/h1-4H,(H,8,9,10). The van der Waals surface area contributed by atoms with Crippen LogP contribution in [0.3, 0.4) is 0 Å². The summed E-state index contributed by atoms with van der Waals surface area (Å²) in [5.41, 5.74) is 1.40. The van der Waals surface area contributed by atoms with E-state index in [1.807, 2.05) is 0 Å². The first kappa shape index (κ1) is 7.44. The number of thiocarbonyl (C=S) groups is 1. The van der Waals surface area contributed by atoms with E-state index in [2.05, 4.69) is 22.5 Å². The van der Waals surface area contributed by atoms with Crippen LogP contribution in [-0.2, 0) is 0 Å². The first-order valence-electron chi connectivity index (χ1n) is 2.64. The molecule has 0 bridgehead atoms. The molecule has 1 aromatic heterocycles. The van der Waals surface area contributed by atoms with Crippen molar-refractivity contribution in [1.82, 2.24) is 4.98 Å². The van der Waals surface area contributed by atoms with Crippen molar-refractivity contribution >= 4 is 35.1 Å². The first-order chi connectivity index (χ1) is 4.83. The predicted molar refractivity (Wildman–Crippen MR) is 46.5 cm³/mol. The topological polar surface area (TPSA) is 24.9 Å². The highest BCUT2D eigenvalue weighted by molar-refractivity contribution is 7.79. The fourth-order valence-electron chi connectivity index (χ4n) is 0.522. The molecular weight excluding hydrogens is 168 g/mol. The van der Waals surface area contributed by atoms with E-state index in [0.717, 1.165) is 0 Å². The molecule has 0 spiro atoms. The lowest BCUT2D eigenvalue weighted by Crippen LogP contribution is -1.93. The molecule has 52 valence electrons. The van der Waals surface area contributed by atoms with E-state index in [-0.39, 0.29) is 0 Å². The number of hydrogen-bond acceptors (Lipinski definition) is 2. The highest BCUT2D eigenvalue weighted by Gasteiger charge is 1.88. The number of nitrogens with one attached hydrogen (secondary N) is 1. The molecule has 0 aliphatic rings. The zero-order valence-corrected chi connectivity index (χ0v) is 6.62. The quantitative estimate of drug-likeness (QED) is 0.692. The zero-order chi connectivity index (χ0) is 7.40. The molecule has 0 unspecified atom stereocenters. The lowest BCUT2D eigenvalue weighted by atomic mass is 10.5. The third-order valence-electron chi connectivity index (χ3n) is 0.934. The summed E-state index contributed by atoms with van der Waals surface area (Å²) < 4.78 is 0. The van der Waals surface area contributed by atoms with Crippen LogP contribution in [0, 0.1) is 0 Å². The summed E-state index contributed by atoms with van der Waals surface area (Å²) in [4.78, 5) is 3.93. The number of nitrogens with zero attached hydrogens (tertiary/aromatic N) is 1. The minimum atomic E-state index is 0.620. The SMILES string of the molecule is S=CNc1ccc(Cl)cn1. The van der Waals surface area contributed by atoms with Crippen molar-refractivity contribution in [3.63, 3.8) is 0 Å². The molecule has 1 aromatic rings. The second-order valence-corrected chi connectivity index (χ2v) is 2.30. The number of anilines is 1. The van der Waals surface area contributed by atoms with Gasteiger partial charge in [0, 0.05) is 6.20 Å². The Bertz CT molecular complexity index is 222. The fourth-order valence-corrected chi connectivity index (χ4v) is 0.754. The summed E-state index contributed by atoms with van der Waals surface area (Å²) in [6.07, 6.45) is 1.56. The van der Waals surface area contributed by atoms with Crippen LogP contribution in [0.4, 0.5) is 5.82 Å². The Hall–Kier alpha value is -0.670. The highest BCUT2D eigenvalue weighted by Crippen LogP contribution is 2.08. The van der Waals surface area contributed by atoms with Crippen LogP contribution in [-0.4, -0.2) is 10.5 Å². The van der Waals surface area contributed by atoms with E-state index in [1.54, 1.807) is 18.3 Å². The van der Waals surface area contributed by atoms with Crippen molar-refractivity contribution in [1.29, 1.82) is 0 Å². The molecule has 0 aromatic carbocycles. The summed E-state index contributed by atoms with van der Waals surface area (Å²) in [5.74, 6) is 0.708. The van der Waals surface area contributed by atoms with Gasteiger partial charge in [-0.25, -0.2) is 4.98 Å². The third kappa shape index (κ3) is 1.93. The van der Waals surface area contributed by atoms with Gasteiger partial charge in [-0.2, -0.15) is 0 Å². The van der Waals surface area contributed by atoms with Gasteiger partial charge in [0.2, 0.25) is 0 Å². The van der Waals surface area contributed by atoms with Gasteiger partial charge >= 0.3 is 0 Å². The highest BCUT2D eigenvalue weighted by atomic mass is 35.5. The van der Waals surface area contributed by atoms with E-state index >= 15 is 0 Å². The lowest BCUT2D eigenvalue weighted by Gasteiger charge is -1.95. The molecule has 0 saturated carbocycles. The Balaban J connectivity index is 2.78. The van der Waals surface area contributed by atoms with Gasteiger partial charge in [-0.1, -0.05) is 23.8 Å². The Labute approximate surface area is 69.2 Å². The van der Waals surface area contributed by atoms with Crippen molar-refractivity contribution in [2.45, 2.75) is 0 Å². The van der Waals surface area contributed by atoms with Gasteiger partial charge in [0.25, 0.3) is 0 Å². The molecule has 1 N–H and O–H groups in total. The van der Waals surface area contributed by atoms with Gasteiger partial charge in [0.1, 0.15) is 5.82 Å². The van der Waals surface area contributed by atoms with E-state index in [1.165, 1.54) is 5.49 Å². The molecule has 0 amide bonds. The lowest BCUT2D eigenvalue weighted by molar-refractivity contribution is 1.33. The Morgan fingerprint density at radius 1 is 1.60 bits per heavy atom. The van der Waals surface area contributed by atoms with E-state index < -0.39 is 0 Å². The molecule has 0 aliphatic heterocycles. The summed E-state index contributed by atoms with van der Waals surface area (Å²) >= 11 is 10.1. The maximum Gasteiger partial charge on any atom is 0.130 e. The maximum absolute atomic E-state index is 5.59. The van der Waals surface area contributed by atoms with Crippen LogP contribution in [0.25, 0.3) is 0 Å². The summed E-state index contributed by atoms with van der Waals surface area (Å²) in [6, 6.07) is 3.50. The van der Waals surface area contributed by atoms with Gasteiger partial charge in [-0.05, 0) is 12.1 Å². The predicted octanol–water partition coefficient (Wildman–Crippen LogP) is 2.10. The van der Waals surface area contributed by atoms with E-state index in [9.17, 15) is 0 Å². The summed E-state index contributed by atoms with van der Waals surface area (Å²) in [6.45, 7) is 0. The van der Waals surface area contributed by atoms with Crippen LogP contribution >= 0.6 is 23.8 Å². The second-order valence-electron chi connectivity index (χ2n) is 1.62. The molecule has 0 radical (unpaired) electrons. The molecule has 0 fully saturated rings. The van der Waals surface area contributed by atoms with Crippen LogP contribution in [0.2, 0.25) is 5.02 Å². The molecule has 0 atom stereocenters. The third-order valence-corrected chi connectivity index (χ3v) is 1.28. The largest absolute Gasteiger partial charge is 0.337 e. The molecule has 2 nitrogen and oxygen atoms in total. The van der Waals surface area contributed by atoms with Gasteiger partial charge in [0.15, 0.2) is 0 Å². The molecule has 0 aliphatic carbocycles. The van der Waals surface area contributed by atoms with E-state index in [0.29, 0.717) is 10.8 Å². The molecule has 1 rings (SSSR count). The zero-order valence-electron chi connectivity index (χ0n) is 5.04. The molecule has 10 heavy (non-hydrogen) atoms. The average molecular weight is 173 g/mol. The normalized spacial score (nSPS) is 8.90. The van der Waals surface area contributed by atoms with Crippen LogP contribution in [0.5, 0.6) is 0 Å². The number of hydrogen-bond donors (Lipinski definition) is 1. The summed E-state index contributed by atoms with van der Waals surface area (Å²) in [5, 5.41) is 3.38. The van der Waals surface area contributed by atoms with Crippen molar-refractivity contribution in [3.05, 3.63) is 23.4 Å². The second kappa shape index (κ2) is 3.49. The van der Waals surface area contributed by atoms with Gasteiger partial charge in [0.05, 0.1) is 10.5 Å². The summed E-state index contributed by atoms with van der Waals surface area (Å²) in [7, 11) is 0. The minimum absolute atomic E-state index is 0.620. The smallest absolute Gasteiger partial charge is 0.130 e. The number of halogens is 1. The van der Waals surface area contributed by atoms with Gasteiger partial charge in [-0.3, -0.25) is 0 Å². The van der Waals surface area contributed by atoms with Crippen molar-refractivity contribution in [2.75, 3.05) is 5.32 Å².